The fraction of sp³-hybridized carbons (Fsp3) is 0.545. The Balaban J connectivity index is 2.69. The second-order valence-corrected chi connectivity index (χ2v) is 5.27. The third-order valence-corrected chi connectivity index (χ3v) is 2.64. The quantitative estimate of drug-likeness (QED) is 0.496. The van der Waals surface area contributed by atoms with Crippen LogP contribution in [0.15, 0.2) is 9.41 Å². The van der Waals surface area contributed by atoms with Crippen molar-refractivity contribution in [3.8, 4) is 12.3 Å². The van der Waals surface area contributed by atoms with Crippen LogP contribution >= 0.6 is 11.8 Å². The van der Waals surface area contributed by atoms with Crippen molar-refractivity contribution in [2.24, 2.45) is 4.99 Å². The van der Waals surface area contributed by atoms with Gasteiger partial charge >= 0.3 is 6.01 Å². The zero-order chi connectivity index (χ0) is 12.9. The molecular formula is C11H16N4OS. The molecule has 0 saturated carbocycles. The average molecular weight is 252 g/mol. The van der Waals surface area contributed by atoms with Crippen molar-refractivity contribution in [1.29, 1.82) is 0 Å². The monoisotopic (exact) mass is 252 g/mol. The van der Waals surface area contributed by atoms with E-state index in [2.05, 4.69) is 26.4 Å². The van der Waals surface area contributed by atoms with Gasteiger partial charge < -0.3 is 4.42 Å². The molecule has 0 unspecified atom stereocenters. The van der Waals surface area contributed by atoms with Crippen LogP contribution < -0.4 is 5.32 Å². The number of hydrogen-bond donors (Lipinski definition) is 1. The summed E-state index contributed by atoms with van der Waals surface area (Å²) >= 11 is 1.41. The van der Waals surface area contributed by atoms with E-state index in [-0.39, 0.29) is 5.41 Å². The summed E-state index contributed by atoms with van der Waals surface area (Å²) < 4.78 is 5.48. The van der Waals surface area contributed by atoms with Crippen molar-refractivity contribution >= 4 is 22.9 Å². The van der Waals surface area contributed by atoms with Crippen molar-refractivity contribution in [2.75, 3.05) is 18.1 Å². The number of terminal acetylenes is 1. The van der Waals surface area contributed by atoms with Gasteiger partial charge in [0.1, 0.15) is 0 Å². The lowest BCUT2D eigenvalue weighted by molar-refractivity contribution is 0.401. The van der Waals surface area contributed by atoms with E-state index in [1.54, 1.807) is 7.05 Å². The van der Waals surface area contributed by atoms with E-state index in [4.69, 9.17) is 10.8 Å². The van der Waals surface area contributed by atoms with Gasteiger partial charge in [0.15, 0.2) is 5.17 Å². The average Bonchev–Trinajstić information content (AvgIpc) is 2.72. The number of thioether (sulfide) groups is 1. The summed E-state index contributed by atoms with van der Waals surface area (Å²) in [6.45, 7) is 6.02. The first kappa shape index (κ1) is 13.6. The molecule has 1 aromatic heterocycles. The number of aromatic nitrogens is 2. The molecule has 17 heavy (non-hydrogen) atoms. The van der Waals surface area contributed by atoms with Crippen LogP contribution in [0.2, 0.25) is 0 Å². The minimum Gasteiger partial charge on any atom is -0.407 e. The van der Waals surface area contributed by atoms with Gasteiger partial charge in [0.2, 0.25) is 5.89 Å². The van der Waals surface area contributed by atoms with Gasteiger partial charge in [-0.25, -0.2) is 0 Å². The molecule has 0 amide bonds. The molecule has 0 atom stereocenters. The second-order valence-electron chi connectivity index (χ2n) is 4.31. The summed E-state index contributed by atoms with van der Waals surface area (Å²) in [5.74, 6) is 3.65. The molecule has 6 heteroatoms. The Morgan fingerprint density at radius 3 is 2.71 bits per heavy atom. The van der Waals surface area contributed by atoms with E-state index in [9.17, 15) is 0 Å². The lowest BCUT2D eigenvalue weighted by Crippen LogP contribution is -2.11. The van der Waals surface area contributed by atoms with Crippen LogP contribution in [0.25, 0.3) is 0 Å². The molecule has 0 aliphatic heterocycles. The van der Waals surface area contributed by atoms with Gasteiger partial charge in [0.05, 0.1) is 5.75 Å². The van der Waals surface area contributed by atoms with Crippen LogP contribution in [0.4, 0.5) is 6.01 Å². The molecule has 1 N–H and O–H groups in total. The number of aliphatic imine (C=N–C) groups is 1. The lowest BCUT2D eigenvalue weighted by Gasteiger charge is -2.11. The highest BCUT2D eigenvalue weighted by atomic mass is 32.2. The van der Waals surface area contributed by atoms with Crippen molar-refractivity contribution in [3.05, 3.63) is 5.89 Å². The molecule has 0 bridgehead atoms. The Hall–Kier alpha value is -1.48. The first-order valence-corrected chi connectivity index (χ1v) is 6.10. The minimum atomic E-state index is -0.164. The fourth-order valence-corrected chi connectivity index (χ4v) is 1.44. The molecule has 0 aliphatic rings. The maximum Gasteiger partial charge on any atom is 0.321 e. The molecule has 1 heterocycles. The zero-order valence-electron chi connectivity index (χ0n) is 10.4. The molecule has 1 rings (SSSR count). The van der Waals surface area contributed by atoms with E-state index in [0.29, 0.717) is 22.8 Å². The number of rotatable bonds is 2. The smallest absolute Gasteiger partial charge is 0.321 e. The summed E-state index contributed by atoms with van der Waals surface area (Å²) in [6.07, 6.45) is 5.18. The summed E-state index contributed by atoms with van der Waals surface area (Å²) in [7, 11) is 1.67. The Bertz CT molecular complexity index is 439. The van der Waals surface area contributed by atoms with Crippen molar-refractivity contribution in [3.63, 3.8) is 0 Å². The molecule has 0 saturated heterocycles. The molecule has 5 nitrogen and oxygen atoms in total. The largest absolute Gasteiger partial charge is 0.407 e. The fourth-order valence-electron chi connectivity index (χ4n) is 0.935. The number of hydrogen-bond acceptors (Lipinski definition) is 5. The highest BCUT2D eigenvalue weighted by Crippen LogP contribution is 2.22. The number of nitrogens with zero attached hydrogens (tertiary/aromatic N) is 3. The maximum absolute atomic E-state index is 5.48. The molecule has 0 radical (unpaired) electrons. The Morgan fingerprint density at radius 2 is 2.24 bits per heavy atom. The molecule has 0 aromatic carbocycles. The van der Waals surface area contributed by atoms with Crippen LogP contribution in [0, 0.1) is 12.3 Å². The summed E-state index contributed by atoms with van der Waals surface area (Å²) in [5, 5.41) is 11.5. The van der Waals surface area contributed by atoms with E-state index < -0.39 is 0 Å². The van der Waals surface area contributed by atoms with Crippen LogP contribution in [0.1, 0.15) is 26.7 Å². The lowest BCUT2D eigenvalue weighted by atomic mass is 9.97. The summed E-state index contributed by atoms with van der Waals surface area (Å²) in [4.78, 5) is 4.04. The molecule has 0 aliphatic carbocycles. The topological polar surface area (TPSA) is 63.3 Å². The van der Waals surface area contributed by atoms with E-state index in [1.807, 2.05) is 20.8 Å². The maximum atomic E-state index is 5.48. The molecule has 0 spiro atoms. The standard InChI is InChI=1S/C11H16N4OS/c1-6-7-17-10(12-5)13-9-15-14-8(16-9)11(2,3)4/h1H,7H2,2-5H3,(H,12,13,15). The first-order chi connectivity index (χ1) is 7.97. The molecular weight excluding hydrogens is 236 g/mol. The summed E-state index contributed by atoms with van der Waals surface area (Å²) in [6, 6.07) is 0.333. The third kappa shape index (κ3) is 4.11. The van der Waals surface area contributed by atoms with Crippen LogP contribution in [-0.4, -0.2) is 28.2 Å². The molecule has 1 aromatic rings. The number of anilines is 1. The first-order valence-electron chi connectivity index (χ1n) is 5.11. The highest BCUT2D eigenvalue weighted by molar-refractivity contribution is 8.14. The molecule has 92 valence electrons. The Labute approximate surface area is 105 Å². The van der Waals surface area contributed by atoms with Gasteiger partial charge in [-0.2, -0.15) is 0 Å². The van der Waals surface area contributed by atoms with Crippen molar-refractivity contribution in [1.82, 2.24) is 10.2 Å². The van der Waals surface area contributed by atoms with E-state index in [1.165, 1.54) is 11.8 Å². The summed E-state index contributed by atoms with van der Waals surface area (Å²) in [5.41, 5.74) is -0.164. The minimum absolute atomic E-state index is 0.164. The van der Waals surface area contributed by atoms with Gasteiger partial charge in [-0.15, -0.1) is 11.5 Å². The van der Waals surface area contributed by atoms with Gasteiger partial charge in [-0.05, 0) is 0 Å². The van der Waals surface area contributed by atoms with Crippen LogP contribution in [0.5, 0.6) is 0 Å². The normalized spacial score (nSPS) is 12.3. The Kier molecular flexibility index (Phi) is 4.58. The van der Waals surface area contributed by atoms with Crippen molar-refractivity contribution in [2.45, 2.75) is 26.2 Å². The van der Waals surface area contributed by atoms with Crippen LogP contribution in [-0.2, 0) is 5.41 Å². The number of nitrogens with one attached hydrogen (secondary N) is 1. The van der Waals surface area contributed by atoms with Crippen LogP contribution in [0.3, 0.4) is 0 Å². The highest BCUT2D eigenvalue weighted by Gasteiger charge is 2.21. The van der Waals surface area contributed by atoms with Gasteiger partial charge in [0, 0.05) is 12.5 Å². The third-order valence-electron chi connectivity index (χ3n) is 1.78. The second kappa shape index (κ2) is 5.73. The predicted molar refractivity (Wildman–Crippen MR) is 71.3 cm³/mol. The van der Waals surface area contributed by atoms with Gasteiger partial charge in [-0.1, -0.05) is 43.6 Å². The predicted octanol–water partition coefficient (Wildman–Crippen LogP) is 2.13. The van der Waals surface area contributed by atoms with Gasteiger partial charge in [-0.3, -0.25) is 10.3 Å². The molecule has 0 fully saturated rings. The Morgan fingerprint density at radius 1 is 1.53 bits per heavy atom. The van der Waals surface area contributed by atoms with Gasteiger partial charge in [0.25, 0.3) is 0 Å². The van der Waals surface area contributed by atoms with E-state index >= 15 is 0 Å². The number of amidine groups is 1. The van der Waals surface area contributed by atoms with Crippen molar-refractivity contribution < 1.29 is 4.42 Å². The van der Waals surface area contributed by atoms with E-state index in [0.717, 1.165) is 0 Å². The SMILES string of the molecule is C#CCSC(=NC)Nc1nnc(C(C)(C)C)o1. The zero-order valence-corrected chi connectivity index (χ0v) is 11.3.